The van der Waals surface area contributed by atoms with Crippen LogP contribution in [0.3, 0.4) is 0 Å². The SMILES string of the molecule is CCOC(=O)c1cccc(-c2ccccc2)c1Cl. The largest absolute Gasteiger partial charge is 0.462 e. The van der Waals surface area contributed by atoms with Crippen LogP contribution >= 0.6 is 11.6 Å². The quantitative estimate of drug-likeness (QED) is 0.774. The molecule has 3 heteroatoms. The van der Waals surface area contributed by atoms with E-state index in [1.165, 1.54) is 0 Å². The first-order valence-electron chi connectivity index (χ1n) is 5.75. The van der Waals surface area contributed by atoms with Crippen LogP contribution in [-0.4, -0.2) is 12.6 Å². The van der Waals surface area contributed by atoms with Gasteiger partial charge in [0.05, 0.1) is 17.2 Å². The van der Waals surface area contributed by atoms with E-state index in [-0.39, 0.29) is 5.97 Å². The van der Waals surface area contributed by atoms with Crippen LogP contribution < -0.4 is 0 Å². The summed E-state index contributed by atoms with van der Waals surface area (Å²) in [5.41, 5.74) is 2.22. The molecule has 0 spiro atoms. The Labute approximate surface area is 111 Å². The van der Waals surface area contributed by atoms with E-state index in [9.17, 15) is 4.79 Å². The van der Waals surface area contributed by atoms with E-state index in [4.69, 9.17) is 16.3 Å². The average molecular weight is 261 g/mol. The maximum absolute atomic E-state index is 11.7. The summed E-state index contributed by atoms with van der Waals surface area (Å²) < 4.78 is 4.98. The predicted octanol–water partition coefficient (Wildman–Crippen LogP) is 4.18. The molecule has 2 rings (SSSR count). The molecule has 0 fully saturated rings. The minimum absolute atomic E-state index is 0.338. The van der Waals surface area contributed by atoms with Gasteiger partial charge in [0, 0.05) is 5.56 Å². The third kappa shape index (κ3) is 2.54. The molecule has 0 unspecified atom stereocenters. The van der Waals surface area contributed by atoms with Gasteiger partial charge in [0.2, 0.25) is 0 Å². The van der Waals surface area contributed by atoms with E-state index in [0.717, 1.165) is 11.1 Å². The molecule has 0 radical (unpaired) electrons. The summed E-state index contributed by atoms with van der Waals surface area (Å²) in [6, 6.07) is 15.1. The Kier molecular flexibility index (Phi) is 4.00. The normalized spacial score (nSPS) is 10.1. The fourth-order valence-electron chi connectivity index (χ4n) is 1.74. The summed E-state index contributed by atoms with van der Waals surface area (Å²) >= 11 is 6.27. The summed E-state index contributed by atoms with van der Waals surface area (Å²) in [6.45, 7) is 2.11. The van der Waals surface area contributed by atoms with Gasteiger partial charge in [-0.25, -0.2) is 4.79 Å². The van der Waals surface area contributed by atoms with Gasteiger partial charge in [-0.1, -0.05) is 54.1 Å². The fourth-order valence-corrected chi connectivity index (χ4v) is 2.05. The van der Waals surface area contributed by atoms with E-state index in [1.54, 1.807) is 19.1 Å². The second kappa shape index (κ2) is 5.69. The topological polar surface area (TPSA) is 26.3 Å². The van der Waals surface area contributed by atoms with Crippen molar-refractivity contribution >= 4 is 17.6 Å². The lowest BCUT2D eigenvalue weighted by atomic mass is 10.0. The summed E-state index contributed by atoms with van der Waals surface area (Å²) in [5.74, 6) is -0.389. The Morgan fingerprint density at radius 2 is 1.83 bits per heavy atom. The number of carbonyl (C=O) groups is 1. The number of rotatable bonds is 3. The molecule has 0 aliphatic heterocycles. The smallest absolute Gasteiger partial charge is 0.339 e. The zero-order valence-corrected chi connectivity index (χ0v) is 10.8. The van der Waals surface area contributed by atoms with Crippen molar-refractivity contribution in [1.29, 1.82) is 0 Å². The van der Waals surface area contributed by atoms with Crippen molar-refractivity contribution in [3.63, 3.8) is 0 Å². The van der Waals surface area contributed by atoms with E-state index in [2.05, 4.69) is 0 Å². The van der Waals surface area contributed by atoms with Gasteiger partial charge in [-0.15, -0.1) is 0 Å². The molecule has 18 heavy (non-hydrogen) atoms. The first kappa shape index (κ1) is 12.7. The molecule has 2 aromatic carbocycles. The summed E-state index contributed by atoms with van der Waals surface area (Å²) in [5, 5.41) is 0.433. The highest BCUT2D eigenvalue weighted by molar-refractivity contribution is 6.36. The molecule has 0 heterocycles. The van der Waals surface area contributed by atoms with Gasteiger partial charge in [-0.3, -0.25) is 0 Å². The maximum atomic E-state index is 11.7. The number of hydrogen-bond acceptors (Lipinski definition) is 2. The van der Waals surface area contributed by atoms with Gasteiger partial charge >= 0.3 is 5.97 Å². The Bertz CT molecular complexity index is 550. The zero-order chi connectivity index (χ0) is 13.0. The standard InChI is InChI=1S/C15H13ClO2/c1-2-18-15(17)13-10-6-9-12(14(13)16)11-7-4-3-5-8-11/h3-10H,2H2,1H3. The van der Waals surface area contributed by atoms with Gasteiger partial charge in [-0.05, 0) is 18.6 Å². The zero-order valence-electron chi connectivity index (χ0n) is 10.0. The summed E-state index contributed by atoms with van der Waals surface area (Å²) in [7, 11) is 0. The van der Waals surface area contributed by atoms with Crippen molar-refractivity contribution in [1.82, 2.24) is 0 Å². The molecular formula is C15H13ClO2. The molecule has 0 N–H and O–H groups in total. The van der Waals surface area contributed by atoms with E-state index in [1.807, 2.05) is 36.4 Å². The third-order valence-corrected chi connectivity index (χ3v) is 2.99. The highest BCUT2D eigenvalue weighted by Crippen LogP contribution is 2.30. The lowest BCUT2D eigenvalue weighted by Crippen LogP contribution is -2.05. The van der Waals surface area contributed by atoms with Crippen molar-refractivity contribution in [3.8, 4) is 11.1 Å². The van der Waals surface area contributed by atoms with Crippen LogP contribution in [0.1, 0.15) is 17.3 Å². The molecule has 0 amide bonds. The van der Waals surface area contributed by atoms with Gasteiger partial charge in [0.1, 0.15) is 0 Å². The van der Waals surface area contributed by atoms with Gasteiger partial charge < -0.3 is 4.74 Å². The number of ether oxygens (including phenoxy) is 1. The molecule has 0 atom stereocenters. The van der Waals surface area contributed by atoms with Crippen LogP contribution in [0.5, 0.6) is 0 Å². The second-order valence-corrected chi connectivity index (χ2v) is 4.13. The Hall–Kier alpha value is -1.80. The van der Waals surface area contributed by atoms with Crippen molar-refractivity contribution in [2.24, 2.45) is 0 Å². The Morgan fingerprint density at radius 3 is 2.50 bits per heavy atom. The number of benzene rings is 2. The Morgan fingerprint density at radius 1 is 1.11 bits per heavy atom. The molecule has 0 aliphatic carbocycles. The minimum Gasteiger partial charge on any atom is -0.462 e. The maximum Gasteiger partial charge on any atom is 0.339 e. The van der Waals surface area contributed by atoms with Crippen molar-refractivity contribution < 1.29 is 9.53 Å². The van der Waals surface area contributed by atoms with Crippen LogP contribution in [0.2, 0.25) is 5.02 Å². The molecule has 92 valence electrons. The van der Waals surface area contributed by atoms with Crippen LogP contribution in [0.4, 0.5) is 0 Å². The molecule has 0 saturated carbocycles. The molecule has 2 nitrogen and oxygen atoms in total. The second-order valence-electron chi connectivity index (χ2n) is 3.75. The molecule has 0 bridgehead atoms. The van der Waals surface area contributed by atoms with Crippen LogP contribution in [0.25, 0.3) is 11.1 Å². The van der Waals surface area contributed by atoms with Crippen LogP contribution in [0.15, 0.2) is 48.5 Å². The summed E-state index contributed by atoms with van der Waals surface area (Å²) in [6.07, 6.45) is 0. The lowest BCUT2D eigenvalue weighted by molar-refractivity contribution is 0.0526. The highest BCUT2D eigenvalue weighted by atomic mass is 35.5. The van der Waals surface area contributed by atoms with Crippen LogP contribution in [-0.2, 0) is 4.74 Å². The molecule has 0 aliphatic rings. The number of esters is 1. The number of carbonyl (C=O) groups excluding carboxylic acids is 1. The van der Waals surface area contributed by atoms with Crippen molar-refractivity contribution in [3.05, 3.63) is 59.1 Å². The van der Waals surface area contributed by atoms with E-state index in [0.29, 0.717) is 17.2 Å². The first-order chi connectivity index (χ1) is 8.74. The molecule has 0 aromatic heterocycles. The number of hydrogen-bond donors (Lipinski definition) is 0. The number of halogens is 1. The van der Waals surface area contributed by atoms with Crippen molar-refractivity contribution in [2.45, 2.75) is 6.92 Å². The van der Waals surface area contributed by atoms with E-state index >= 15 is 0 Å². The Balaban J connectivity index is 2.46. The molecular weight excluding hydrogens is 248 g/mol. The average Bonchev–Trinajstić information content (AvgIpc) is 2.40. The van der Waals surface area contributed by atoms with Gasteiger partial charge in [-0.2, -0.15) is 0 Å². The third-order valence-electron chi connectivity index (χ3n) is 2.58. The first-order valence-corrected chi connectivity index (χ1v) is 6.13. The monoisotopic (exact) mass is 260 g/mol. The highest BCUT2D eigenvalue weighted by Gasteiger charge is 2.14. The molecule has 2 aromatic rings. The van der Waals surface area contributed by atoms with Gasteiger partial charge in [0.25, 0.3) is 0 Å². The van der Waals surface area contributed by atoms with E-state index < -0.39 is 0 Å². The minimum atomic E-state index is -0.389. The predicted molar refractivity (Wildman–Crippen MR) is 72.8 cm³/mol. The van der Waals surface area contributed by atoms with Crippen molar-refractivity contribution in [2.75, 3.05) is 6.61 Å². The molecule has 0 saturated heterocycles. The fraction of sp³-hybridized carbons (Fsp3) is 0.133. The van der Waals surface area contributed by atoms with Gasteiger partial charge in [0.15, 0.2) is 0 Å². The summed E-state index contributed by atoms with van der Waals surface area (Å²) in [4.78, 5) is 11.7. The van der Waals surface area contributed by atoms with Crippen LogP contribution in [0, 0.1) is 0 Å². The lowest BCUT2D eigenvalue weighted by Gasteiger charge is -2.09.